The Balaban J connectivity index is 1.96. The van der Waals surface area contributed by atoms with Gasteiger partial charge in [-0.15, -0.1) is 0 Å². The van der Waals surface area contributed by atoms with Crippen molar-refractivity contribution in [2.45, 2.75) is 33.1 Å². The number of hydrogen-bond donors (Lipinski definition) is 1. The second-order valence-corrected chi connectivity index (χ2v) is 5.70. The lowest BCUT2D eigenvalue weighted by Gasteiger charge is -2.31. The van der Waals surface area contributed by atoms with Crippen LogP contribution < -0.4 is 10.1 Å². The maximum Gasteiger partial charge on any atom is 0.227 e. The van der Waals surface area contributed by atoms with Crippen LogP contribution in [0.1, 0.15) is 31.7 Å². The van der Waals surface area contributed by atoms with Crippen molar-refractivity contribution in [2.75, 3.05) is 25.5 Å². The Kier molecular flexibility index (Phi) is 5.41. The molecule has 0 saturated carbocycles. The molecule has 1 aromatic carbocycles. The standard InChI is InChI=1S/C17H24N2O3/c1-4-16(20)19-9-7-13(8-10-19)17(21)18-14-11-12(2)5-6-15(14)22-3/h5-6,11,13H,4,7-10H2,1-3H3,(H,18,21). The molecule has 0 unspecified atom stereocenters. The van der Waals surface area contributed by atoms with Crippen LogP contribution in [-0.4, -0.2) is 36.9 Å². The number of likely N-dealkylation sites (tertiary alicyclic amines) is 1. The molecular weight excluding hydrogens is 280 g/mol. The summed E-state index contributed by atoms with van der Waals surface area (Å²) in [6.07, 6.45) is 1.95. The molecule has 2 amide bonds. The SMILES string of the molecule is CCC(=O)N1CCC(C(=O)Nc2cc(C)ccc2OC)CC1. The molecule has 0 radical (unpaired) electrons. The van der Waals surface area contributed by atoms with Crippen LogP contribution in [0, 0.1) is 12.8 Å². The van der Waals surface area contributed by atoms with E-state index in [1.807, 2.05) is 36.9 Å². The van der Waals surface area contributed by atoms with Gasteiger partial charge in [-0.25, -0.2) is 0 Å². The van der Waals surface area contributed by atoms with Gasteiger partial charge in [0.1, 0.15) is 5.75 Å². The fourth-order valence-corrected chi connectivity index (χ4v) is 2.77. The summed E-state index contributed by atoms with van der Waals surface area (Å²) >= 11 is 0. The predicted molar refractivity (Wildman–Crippen MR) is 86.0 cm³/mol. The van der Waals surface area contributed by atoms with Crippen molar-refractivity contribution in [2.24, 2.45) is 5.92 Å². The number of benzene rings is 1. The summed E-state index contributed by atoms with van der Waals surface area (Å²) in [5.74, 6) is 0.787. The van der Waals surface area contributed by atoms with Crippen molar-refractivity contribution in [3.05, 3.63) is 23.8 Å². The first-order valence-electron chi connectivity index (χ1n) is 7.78. The van der Waals surface area contributed by atoms with Crippen molar-refractivity contribution in [1.29, 1.82) is 0 Å². The topological polar surface area (TPSA) is 58.6 Å². The molecule has 5 heteroatoms. The first-order chi connectivity index (χ1) is 10.5. The van der Waals surface area contributed by atoms with E-state index in [9.17, 15) is 9.59 Å². The number of ether oxygens (including phenoxy) is 1. The lowest BCUT2D eigenvalue weighted by molar-refractivity contribution is -0.134. The molecule has 0 bridgehead atoms. The molecule has 5 nitrogen and oxygen atoms in total. The minimum absolute atomic E-state index is 0.00694. The Morgan fingerprint density at radius 2 is 2.00 bits per heavy atom. The van der Waals surface area contributed by atoms with Crippen LogP contribution in [0.15, 0.2) is 18.2 Å². The van der Waals surface area contributed by atoms with Gasteiger partial charge in [0, 0.05) is 25.4 Å². The lowest BCUT2D eigenvalue weighted by atomic mass is 9.95. The summed E-state index contributed by atoms with van der Waals surface area (Å²) < 4.78 is 5.28. The monoisotopic (exact) mass is 304 g/mol. The minimum Gasteiger partial charge on any atom is -0.495 e. The summed E-state index contributed by atoms with van der Waals surface area (Å²) in [6, 6.07) is 5.71. The Labute approximate surface area is 131 Å². The van der Waals surface area contributed by atoms with Crippen molar-refractivity contribution < 1.29 is 14.3 Å². The van der Waals surface area contributed by atoms with E-state index in [0.29, 0.717) is 43.8 Å². The molecule has 0 aliphatic carbocycles. The summed E-state index contributed by atoms with van der Waals surface area (Å²) in [7, 11) is 1.59. The number of aryl methyl sites for hydroxylation is 1. The number of methoxy groups -OCH3 is 1. The van der Waals surface area contributed by atoms with Gasteiger partial charge in [0.15, 0.2) is 0 Å². The van der Waals surface area contributed by atoms with Crippen LogP contribution in [-0.2, 0) is 9.59 Å². The second-order valence-electron chi connectivity index (χ2n) is 5.70. The van der Waals surface area contributed by atoms with E-state index in [0.717, 1.165) is 5.56 Å². The number of amides is 2. The molecule has 120 valence electrons. The highest BCUT2D eigenvalue weighted by Crippen LogP contribution is 2.27. The molecule has 1 fully saturated rings. The molecule has 0 atom stereocenters. The Hall–Kier alpha value is -2.04. The number of piperidine rings is 1. The van der Waals surface area contributed by atoms with Crippen molar-refractivity contribution >= 4 is 17.5 Å². The van der Waals surface area contributed by atoms with Gasteiger partial charge in [-0.1, -0.05) is 13.0 Å². The van der Waals surface area contributed by atoms with Gasteiger partial charge in [-0.3, -0.25) is 9.59 Å². The van der Waals surface area contributed by atoms with E-state index in [2.05, 4.69) is 5.32 Å². The van der Waals surface area contributed by atoms with Crippen molar-refractivity contribution in [1.82, 2.24) is 4.90 Å². The van der Waals surface area contributed by atoms with Gasteiger partial charge >= 0.3 is 0 Å². The normalized spacial score (nSPS) is 15.5. The van der Waals surface area contributed by atoms with Crippen LogP contribution in [0.2, 0.25) is 0 Å². The average molecular weight is 304 g/mol. The molecule has 0 aromatic heterocycles. The van der Waals surface area contributed by atoms with Crippen LogP contribution in [0.3, 0.4) is 0 Å². The number of carbonyl (C=O) groups is 2. The third kappa shape index (κ3) is 3.78. The number of nitrogens with one attached hydrogen (secondary N) is 1. The average Bonchev–Trinajstić information content (AvgIpc) is 2.54. The van der Waals surface area contributed by atoms with Gasteiger partial charge in [0.2, 0.25) is 11.8 Å². The molecule has 1 N–H and O–H groups in total. The van der Waals surface area contributed by atoms with Gasteiger partial charge in [-0.2, -0.15) is 0 Å². The van der Waals surface area contributed by atoms with E-state index >= 15 is 0 Å². The van der Waals surface area contributed by atoms with Crippen LogP contribution in [0.4, 0.5) is 5.69 Å². The van der Waals surface area contributed by atoms with Gasteiger partial charge in [0.05, 0.1) is 12.8 Å². The third-order valence-corrected chi connectivity index (χ3v) is 4.13. The molecule has 2 rings (SSSR count). The Bertz CT molecular complexity index is 549. The number of anilines is 1. The predicted octanol–water partition coefficient (Wildman–Crippen LogP) is 2.59. The van der Waals surface area contributed by atoms with Crippen molar-refractivity contribution in [3.8, 4) is 5.75 Å². The third-order valence-electron chi connectivity index (χ3n) is 4.13. The summed E-state index contributed by atoms with van der Waals surface area (Å²) in [4.78, 5) is 25.9. The Morgan fingerprint density at radius 1 is 1.32 bits per heavy atom. The second kappa shape index (κ2) is 7.29. The van der Waals surface area contributed by atoms with Crippen molar-refractivity contribution in [3.63, 3.8) is 0 Å². The van der Waals surface area contributed by atoms with E-state index in [4.69, 9.17) is 4.74 Å². The highest BCUT2D eigenvalue weighted by Gasteiger charge is 2.27. The largest absolute Gasteiger partial charge is 0.495 e. The number of nitrogens with zero attached hydrogens (tertiary/aromatic N) is 1. The minimum atomic E-state index is -0.0499. The quantitative estimate of drug-likeness (QED) is 0.930. The molecule has 1 aromatic rings. The van der Waals surface area contributed by atoms with Crippen LogP contribution in [0.25, 0.3) is 0 Å². The number of rotatable bonds is 4. The maximum absolute atomic E-state index is 12.4. The first kappa shape index (κ1) is 16.3. The smallest absolute Gasteiger partial charge is 0.227 e. The van der Waals surface area contributed by atoms with E-state index in [1.165, 1.54) is 0 Å². The van der Waals surface area contributed by atoms with Crippen LogP contribution in [0.5, 0.6) is 5.75 Å². The van der Waals surface area contributed by atoms with E-state index in [-0.39, 0.29) is 17.7 Å². The molecule has 1 saturated heterocycles. The summed E-state index contributed by atoms with van der Waals surface area (Å²) in [6.45, 7) is 5.17. The number of carbonyl (C=O) groups excluding carboxylic acids is 2. The zero-order valence-corrected chi connectivity index (χ0v) is 13.5. The van der Waals surface area contributed by atoms with Gasteiger partial charge < -0.3 is 15.0 Å². The van der Waals surface area contributed by atoms with Gasteiger partial charge in [0.25, 0.3) is 0 Å². The summed E-state index contributed by atoms with van der Waals surface area (Å²) in [5.41, 5.74) is 1.78. The highest BCUT2D eigenvalue weighted by molar-refractivity contribution is 5.94. The van der Waals surface area contributed by atoms with Gasteiger partial charge in [-0.05, 0) is 37.5 Å². The molecule has 1 aliphatic rings. The Morgan fingerprint density at radius 3 is 2.59 bits per heavy atom. The number of hydrogen-bond acceptors (Lipinski definition) is 3. The lowest BCUT2D eigenvalue weighted by Crippen LogP contribution is -2.41. The zero-order chi connectivity index (χ0) is 16.1. The highest BCUT2D eigenvalue weighted by atomic mass is 16.5. The van der Waals surface area contributed by atoms with Crippen LogP contribution >= 0.6 is 0 Å². The first-order valence-corrected chi connectivity index (χ1v) is 7.78. The molecular formula is C17H24N2O3. The summed E-state index contributed by atoms with van der Waals surface area (Å²) in [5, 5.41) is 2.96. The fourth-order valence-electron chi connectivity index (χ4n) is 2.77. The van der Waals surface area contributed by atoms with E-state index in [1.54, 1.807) is 7.11 Å². The molecule has 1 aliphatic heterocycles. The molecule has 1 heterocycles. The maximum atomic E-state index is 12.4. The molecule has 22 heavy (non-hydrogen) atoms. The fraction of sp³-hybridized carbons (Fsp3) is 0.529. The zero-order valence-electron chi connectivity index (χ0n) is 13.5. The van der Waals surface area contributed by atoms with E-state index < -0.39 is 0 Å². The molecule has 0 spiro atoms.